The minimum Gasteiger partial charge on any atom is -0.495 e. The minimum atomic E-state index is -4.43. The van der Waals surface area contributed by atoms with Gasteiger partial charge in [-0.3, -0.25) is 56.7 Å². The van der Waals surface area contributed by atoms with E-state index in [4.69, 9.17) is 66.6 Å². The van der Waals surface area contributed by atoms with Crippen molar-refractivity contribution in [2.45, 2.75) is 108 Å². The van der Waals surface area contributed by atoms with E-state index in [1.807, 2.05) is 161 Å². The number of hydrogen-bond donors (Lipinski definition) is 4. The van der Waals surface area contributed by atoms with E-state index in [0.717, 1.165) is 143 Å². The largest absolute Gasteiger partial charge is 0.495 e. The van der Waals surface area contributed by atoms with Crippen molar-refractivity contribution >= 4 is 69.0 Å². The van der Waals surface area contributed by atoms with Crippen LogP contribution in [0.4, 0.5) is 40.8 Å². The predicted molar refractivity (Wildman–Crippen MR) is 513 cm³/mol. The fourth-order valence-corrected chi connectivity index (χ4v) is 17.5. The van der Waals surface area contributed by atoms with Gasteiger partial charge in [0.05, 0.1) is 72.0 Å². The van der Waals surface area contributed by atoms with Crippen LogP contribution in [-0.2, 0) is 51.8 Å². The summed E-state index contributed by atoms with van der Waals surface area (Å²) >= 11 is 0. The zero-order valence-electron chi connectivity index (χ0n) is 75.6. The van der Waals surface area contributed by atoms with Gasteiger partial charge in [0, 0.05) is 110 Å². The van der Waals surface area contributed by atoms with Crippen LogP contribution in [0.1, 0.15) is 127 Å². The number of nitrogen functional groups attached to an aromatic ring is 4. The fourth-order valence-electron chi connectivity index (χ4n) is 17.5. The van der Waals surface area contributed by atoms with Crippen LogP contribution in [0.3, 0.4) is 0 Å². The first-order valence-electron chi connectivity index (χ1n) is 44.7. The molecule has 4 saturated heterocycles. The molecule has 8 N–H and O–H groups in total. The first-order valence-corrected chi connectivity index (χ1v) is 44.7. The van der Waals surface area contributed by atoms with E-state index in [1.54, 1.807) is 78.5 Å². The molecule has 37 heteroatoms. The summed E-state index contributed by atoms with van der Waals surface area (Å²) in [6.07, 6.45) is 26.9. The van der Waals surface area contributed by atoms with Gasteiger partial charge in [-0.05, 0) is 221 Å². The van der Waals surface area contributed by atoms with Gasteiger partial charge in [0.15, 0.2) is 0 Å². The lowest BCUT2D eigenvalue weighted by molar-refractivity contribution is -0.138. The molecule has 12 aromatic heterocycles. The van der Waals surface area contributed by atoms with Crippen molar-refractivity contribution in [3.05, 3.63) is 334 Å². The second-order valence-corrected chi connectivity index (χ2v) is 32.7. The standard InChI is InChI=1S/C26H23F3N6O2.C26H26N6O3.C25H23FN6O2.C25H24N6O2/c1-2-21(36)34-12-3-4-20(34)25-33-22(23-24(30)31-11-13-35(23)25)16-5-9-19(10-6-16)37-15-18-8-7-17(14-32-18)26(27,28)29;1-3-22(33)31-13-4-5-21(31)26-30-23(24-25(27)28-12-14-32(24)26)17-6-9-19(10-7-17)35-16-18-8-11-20(34-2)15-29-18;1-2-21(33)31-12-3-4-20(31)25-30-22(23-24(27)28-11-13-32(23)25)16-5-9-19(10-6-16)34-15-18-8-7-17(26)14-29-18;1-2-21(32)30-14-5-7-20(30)25-29-22(23-24(26)28-13-15-31(23)25)17-8-10-19(11-9-17)33-16-18-6-3-4-12-27-18/h2,5-11,13-14,20H,1,3-4,12,15H2,(H2,30,31);3,6-12,14-15,21H,1,4-5,13,16H2,2H3,(H2,27,28);2,5-11,13-14,20H,1,3-4,12,15H2,(H2,27,28);2-4,6,8-13,15,20H,1,5,7,14,16H2,(H2,26,28)/t20-;21-;2*20-/m0000/s1. The Morgan fingerprint density at radius 3 is 0.899 bits per heavy atom. The SMILES string of the molecule is C=CC(=O)N1CCC[C@H]1c1nc(-c2ccc(OCc3ccc(C(F)(F)F)cn3)cc2)c2c(N)nccn12.C=CC(=O)N1CCC[C@H]1c1nc(-c2ccc(OCc3ccc(F)cn3)cc2)c2c(N)nccn12.C=CC(=O)N1CCC[C@H]1c1nc(-c2ccc(OCc3ccc(OC)cn3)cc2)c2c(N)nccn12.C=CC(=O)N1CCC[C@H]1c1nc(-c2ccc(OCc3ccccn3)cc2)c2c(N)nccn12. The topological polar surface area (TPSA) is 404 Å². The Morgan fingerprint density at radius 1 is 0.360 bits per heavy atom. The highest BCUT2D eigenvalue weighted by molar-refractivity contribution is 5.92. The third kappa shape index (κ3) is 20.4. The molecular formula is C102H96F4N24O9. The minimum absolute atomic E-state index is 0.0146. The van der Waals surface area contributed by atoms with Crippen LogP contribution in [0.2, 0.25) is 0 Å². The maximum atomic E-state index is 13.0. The first-order chi connectivity index (χ1) is 67.5. The van der Waals surface area contributed by atoms with Gasteiger partial charge in [0.2, 0.25) is 23.6 Å². The van der Waals surface area contributed by atoms with Crippen molar-refractivity contribution in [1.29, 1.82) is 0 Å². The number of fused-ring (bicyclic) bond motifs is 4. The molecule has 0 spiro atoms. The Kier molecular flexibility index (Phi) is 28.1. The molecular weight excluding hydrogens is 1780 g/mol. The Bertz CT molecular complexity index is 7170. The van der Waals surface area contributed by atoms with Crippen molar-refractivity contribution in [2.75, 3.05) is 56.2 Å². The Labute approximate surface area is 794 Å². The number of anilines is 4. The van der Waals surface area contributed by atoms with E-state index < -0.39 is 11.7 Å². The van der Waals surface area contributed by atoms with Gasteiger partial charge in [0.1, 0.15) is 152 Å². The van der Waals surface area contributed by atoms with Gasteiger partial charge in [-0.15, -0.1) is 0 Å². The number of imidazole rings is 4. The summed E-state index contributed by atoms with van der Waals surface area (Å²) in [6, 6.07) is 43.9. The van der Waals surface area contributed by atoms with Gasteiger partial charge >= 0.3 is 6.18 Å². The molecule has 4 aliphatic rings. The van der Waals surface area contributed by atoms with Gasteiger partial charge in [-0.1, -0.05) is 32.4 Å². The average molecular weight is 1880 g/mol. The number of nitrogens with two attached hydrogens (primary N) is 4. The number of carbonyl (C=O) groups is 4. The predicted octanol–water partition coefficient (Wildman–Crippen LogP) is 16.4. The molecule has 4 atom stereocenters. The molecule has 4 fully saturated rings. The molecule has 0 bridgehead atoms. The van der Waals surface area contributed by atoms with Gasteiger partial charge < -0.3 is 66.2 Å². The summed E-state index contributed by atoms with van der Waals surface area (Å²) in [5.41, 5.74) is 35.8. The number of ether oxygens (including phenoxy) is 5. The normalized spacial score (nSPS) is 15.6. The molecule has 4 aromatic carbocycles. The second kappa shape index (κ2) is 41.7. The molecule has 4 amide bonds. The number of nitrogens with zero attached hydrogens (tertiary/aromatic N) is 20. The monoisotopic (exact) mass is 1880 g/mol. The van der Waals surface area contributed by atoms with E-state index >= 15 is 0 Å². The lowest BCUT2D eigenvalue weighted by Crippen LogP contribution is -2.29. The quantitative estimate of drug-likeness (QED) is 0.0305. The maximum Gasteiger partial charge on any atom is 0.417 e. The Balaban J connectivity index is 0.000000128. The van der Waals surface area contributed by atoms with Crippen LogP contribution < -0.4 is 46.6 Å². The number of benzene rings is 4. The third-order valence-corrected chi connectivity index (χ3v) is 24.2. The summed E-state index contributed by atoms with van der Waals surface area (Å²) in [4.78, 5) is 110. The summed E-state index contributed by atoms with van der Waals surface area (Å²) < 4.78 is 87.2. The summed E-state index contributed by atoms with van der Waals surface area (Å²) in [6.45, 7) is 18.1. The summed E-state index contributed by atoms with van der Waals surface area (Å²) in [7, 11) is 1.61. The van der Waals surface area contributed by atoms with Crippen LogP contribution in [0.25, 0.3) is 67.1 Å². The average Bonchev–Trinajstić information content (AvgIpc) is 1.62. The lowest BCUT2D eigenvalue weighted by atomic mass is 10.1. The van der Waals surface area contributed by atoms with Crippen LogP contribution in [0.15, 0.2) is 277 Å². The number of methoxy groups -OCH3 is 1. The van der Waals surface area contributed by atoms with E-state index in [9.17, 15) is 36.7 Å². The Hall–Kier alpha value is -17.3. The number of carbonyl (C=O) groups excluding carboxylic acids is 4. The zero-order valence-corrected chi connectivity index (χ0v) is 75.6. The van der Waals surface area contributed by atoms with E-state index in [-0.39, 0.29) is 66.8 Å². The van der Waals surface area contributed by atoms with Crippen LogP contribution >= 0.6 is 0 Å². The Morgan fingerprint density at radius 2 is 0.647 bits per heavy atom. The maximum absolute atomic E-state index is 13.0. The number of halogens is 4. The number of amides is 4. The van der Waals surface area contributed by atoms with Crippen molar-refractivity contribution in [3.63, 3.8) is 0 Å². The van der Waals surface area contributed by atoms with Gasteiger partial charge in [-0.25, -0.2) is 44.3 Å². The van der Waals surface area contributed by atoms with Crippen LogP contribution in [0, 0.1) is 5.82 Å². The van der Waals surface area contributed by atoms with Crippen molar-refractivity contribution in [3.8, 4) is 73.8 Å². The number of likely N-dealkylation sites (tertiary alicyclic amines) is 4. The van der Waals surface area contributed by atoms with Gasteiger partial charge in [0.25, 0.3) is 0 Å². The van der Waals surface area contributed by atoms with E-state index in [0.29, 0.717) is 131 Å². The highest BCUT2D eigenvalue weighted by atomic mass is 19.4. The van der Waals surface area contributed by atoms with Crippen LogP contribution in [0.5, 0.6) is 28.7 Å². The molecule has 0 unspecified atom stereocenters. The summed E-state index contributed by atoms with van der Waals surface area (Å²) in [5.74, 6) is 6.89. The molecule has 0 saturated carbocycles. The van der Waals surface area contributed by atoms with Gasteiger partial charge in [-0.2, -0.15) is 13.2 Å². The molecule has 16 heterocycles. The first kappa shape index (κ1) is 93.5. The number of alkyl halides is 3. The molecule has 4 aliphatic heterocycles. The molecule has 706 valence electrons. The lowest BCUT2D eigenvalue weighted by Gasteiger charge is -2.22. The molecule has 16 aromatic rings. The number of aromatic nitrogens is 16. The van der Waals surface area contributed by atoms with Crippen LogP contribution in [-0.4, -0.2) is 154 Å². The van der Waals surface area contributed by atoms with E-state index in [2.05, 4.69) is 66.2 Å². The molecule has 0 aliphatic carbocycles. The fraction of sp³-hybridized carbons (Fsp3) is 0.216. The number of hydrogen-bond acceptors (Lipinski definition) is 25. The molecule has 139 heavy (non-hydrogen) atoms. The highest BCUT2D eigenvalue weighted by Gasteiger charge is 2.39. The molecule has 20 rings (SSSR count). The van der Waals surface area contributed by atoms with E-state index in [1.165, 1.54) is 36.4 Å². The van der Waals surface area contributed by atoms with Crippen molar-refractivity contribution in [1.82, 2.24) is 97.0 Å². The zero-order chi connectivity index (χ0) is 97.0. The van der Waals surface area contributed by atoms with Crippen molar-refractivity contribution in [2.24, 2.45) is 0 Å². The summed E-state index contributed by atoms with van der Waals surface area (Å²) in [5, 5.41) is 0. The molecule has 33 nitrogen and oxygen atoms in total. The second-order valence-electron chi connectivity index (χ2n) is 32.7. The highest BCUT2D eigenvalue weighted by Crippen LogP contribution is 2.44. The third-order valence-electron chi connectivity index (χ3n) is 24.2. The number of pyridine rings is 4. The molecule has 0 radical (unpaired) electrons. The smallest absolute Gasteiger partial charge is 0.417 e. The number of rotatable bonds is 25. The van der Waals surface area contributed by atoms with Crippen molar-refractivity contribution < 1.29 is 60.4 Å².